The Labute approximate surface area is 122 Å². The molecule has 2 unspecified atom stereocenters. The Kier molecular flexibility index (Phi) is 5.80. The minimum absolute atomic E-state index is 0.0351. The molecule has 0 aromatic carbocycles. The number of hydrogen-bond donors (Lipinski definition) is 2. The van der Waals surface area contributed by atoms with Crippen molar-refractivity contribution in [1.82, 2.24) is 13.9 Å². The number of piperidine rings is 1. The summed E-state index contributed by atoms with van der Waals surface area (Å²) in [5.74, 6) is 0. The van der Waals surface area contributed by atoms with Crippen molar-refractivity contribution in [2.24, 2.45) is 5.73 Å². The highest BCUT2D eigenvalue weighted by molar-refractivity contribution is 7.87. The summed E-state index contributed by atoms with van der Waals surface area (Å²) in [5.41, 5.74) is 5.71. The van der Waals surface area contributed by atoms with Crippen molar-refractivity contribution in [3.63, 3.8) is 0 Å². The molecule has 0 aromatic heterocycles. The van der Waals surface area contributed by atoms with Gasteiger partial charge in [-0.1, -0.05) is 13.3 Å². The average Bonchev–Trinajstić information content (AvgIpc) is 2.92. The molecule has 2 rings (SSSR count). The molecule has 3 N–H and O–H groups in total. The molecule has 0 radical (unpaired) electrons. The molecule has 0 saturated carbocycles. The van der Waals surface area contributed by atoms with Crippen LogP contribution in [-0.4, -0.2) is 62.4 Å². The zero-order chi connectivity index (χ0) is 14.6. The summed E-state index contributed by atoms with van der Waals surface area (Å²) in [6.45, 7) is 5.72. The van der Waals surface area contributed by atoms with Gasteiger partial charge in [0.05, 0.1) is 0 Å². The summed E-state index contributed by atoms with van der Waals surface area (Å²) in [5, 5.41) is 0. The van der Waals surface area contributed by atoms with E-state index < -0.39 is 10.2 Å². The highest BCUT2D eigenvalue weighted by atomic mass is 32.2. The van der Waals surface area contributed by atoms with Gasteiger partial charge in [0.25, 0.3) is 10.2 Å². The highest BCUT2D eigenvalue weighted by Gasteiger charge is 2.32. The molecule has 7 heteroatoms. The molecule has 20 heavy (non-hydrogen) atoms. The van der Waals surface area contributed by atoms with Crippen molar-refractivity contribution in [1.29, 1.82) is 0 Å². The molecule has 2 saturated heterocycles. The quantitative estimate of drug-likeness (QED) is 0.730. The number of likely N-dealkylation sites (N-methyl/N-ethyl adjacent to an activating group) is 1. The van der Waals surface area contributed by atoms with E-state index >= 15 is 0 Å². The minimum atomic E-state index is -3.39. The van der Waals surface area contributed by atoms with Gasteiger partial charge < -0.3 is 5.73 Å². The lowest BCUT2D eigenvalue weighted by Gasteiger charge is -2.34. The fourth-order valence-corrected chi connectivity index (χ4v) is 4.88. The summed E-state index contributed by atoms with van der Waals surface area (Å²) >= 11 is 0. The van der Waals surface area contributed by atoms with Gasteiger partial charge >= 0.3 is 0 Å². The second kappa shape index (κ2) is 7.17. The van der Waals surface area contributed by atoms with E-state index in [2.05, 4.69) is 16.5 Å². The standard InChI is InChI=1S/C13H28N4O2S/c1-2-16-8-5-7-13(16)11-15-20(18,19)17-9-4-3-6-12(17)10-14/h12-13,15H,2-11,14H2,1H3. The molecule has 0 bridgehead atoms. The molecule has 2 fully saturated rings. The Hall–Kier alpha value is -0.210. The Balaban J connectivity index is 1.92. The van der Waals surface area contributed by atoms with Crippen LogP contribution in [0.4, 0.5) is 0 Å². The Bertz CT molecular complexity index is 401. The van der Waals surface area contributed by atoms with Gasteiger partial charge in [0.1, 0.15) is 0 Å². The van der Waals surface area contributed by atoms with Crippen LogP contribution in [0.25, 0.3) is 0 Å². The maximum atomic E-state index is 12.4. The molecule has 2 heterocycles. The number of nitrogens with zero attached hydrogens (tertiary/aromatic N) is 2. The summed E-state index contributed by atoms with van der Waals surface area (Å²) in [4.78, 5) is 2.35. The van der Waals surface area contributed by atoms with E-state index in [0.29, 0.717) is 25.7 Å². The second-order valence-electron chi connectivity index (χ2n) is 5.77. The summed E-state index contributed by atoms with van der Waals surface area (Å²) in [7, 11) is -3.39. The normalized spacial score (nSPS) is 29.9. The number of nitrogens with one attached hydrogen (secondary N) is 1. The van der Waals surface area contributed by atoms with E-state index in [1.807, 2.05) is 0 Å². The smallest absolute Gasteiger partial charge is 0.279 e. The third-order valence-corrected chi connectivity index (χ3v) is 6.19. The average molecular weight is 304 g/mol. The van der Waals surface area contributed by atoms with Gasteiger partial charge in [-0.15, -0.1) is 0 Å². The van der Waals surface area contributed by atoms with Gasteiger partial charge in [-0.3, -0.25) is 4.90 Å². The van der Waals surface area contributed by atoms with Gasteiger partial charge in [0, 0.05) is 31.7 Å². The summed E-state index contributed by atoms with van der Waals surface area (Å²) in [6.07, 6.45) is 5.12. The van der Waals surface area contributed by atoms with Crippen LogP contribution in [0.5, 0.6) is 0 Å². The number of likely N-dealkylation sites (tertiary alicyclic amines) is 1. The van der Waals surface area contributed by atoms with Gasteiger partial charge in [-0.05, 0) is 38.8 Å². The van der Waals surface area contributed by atoms with E-state index in [1.165, 1.54) is 0 Å². The molecule has 2 aliphatic rings. The maximum Gasteiger partial charge on any atom is 0.279 e. The van der Waals surface area contributed by atoms with Gasteiger partial charge in [0.15, 0.2) is 0 Å². The van der Waals surface area contributed by atoms with Crippen LogP contribution in [0.15, 0.2) is 0 Å². The Morgan fingerprint density at radius 3 is 2.60 bits per heavy atom. The molecule has 6 nitrogen and oxygen atoms in total. The molecule has 2 aliphatic heterocycles. The first-order valence-corrected chi connectivity index (χ1v) is 9.23. The van der Waals surface area contributed by atoms with Crippen LogP contribution in [0.2, 0.25) is 0 Å². The lowest BCUT2D eigenvalue weighted by molar-refractivity contribution is 0.246. The van der Waals surface area contributed by atoms with E-state index in [4.69, 9.17) is 5.73 Å². The van der Waals surface area contributed by atoms with Crippen molar-refractivity contribution in [2.45, 2.75) is 51.1 Å². The van der Waals surface area contributed by atoms with Crippen molar-refractivity contribution >= 4 is 10.2 Å². The van der Waals surface area contributed by atoms with Crippen LogP contribution in [0.1, 0.15) is 39.0 Å². The first kappa shape index (κ1) is 16.2. The molecule has 0 spiro atoms. The Morgan fingerprint density at radius 1 is 1.15 bits per heavy atom. The van der Waals surface area contributed by atoms with Crippen LogP contribution in [0, 0.1) is 0 Å². The lowest BCUT2D eigenvalue weighted by Crippen LogP contribution is -2.53. The summed E-state index contributed by atoms with van der Waals surface area (Å²) < 4.78 is 29.3. The van der Waals surface area contributed by atoms with Gasteiger partial charge in [0.2, 0.25) is 0 Å². The van der Waals surface area contributed by atoms with Gasteiger partial charge in [-0.25, -0.2) is 4.72 Å². The van der Waals surface area contributed by atoms with Crippen LogP contribution in [0.3, 0.4) is 0 Å². The number of rotatable bonds is 6. The first-order valence-electron chi connectivity index (χ1n) is 7.79. The third-order valence-electron chi connectivity index (χ3n) is 4.56. The van der Waals surface area contributed by atoms with Crippen molar-refractivity contribution in [3.05, 3.63) is 0 Å². The molecular formula is C13H28N4O2S. The van der Waals surface area contributed by atoms with Crippen molar-refractivity contribution < 1.29 is 8.42 Å². The molecule has 118 valence electrons. The number of nitrogens with two attached hydrogens (primary N) is 1. The van der Waals surface area contributed by atoms with Crippen molar-refractivity contribution in [2.75, 3.05) is 32.7 Å². The van der Waals surface area contributed by atoms with Crippen LogP contribution >= 0.6 is 0 Å². The molecule has 0 aliphatic carbocycles. The van der Waals surface area contributed by atoms with E-state index in [9.17, 15) is 8.42 Å². The SMILES string of the molecule is CCN1CCCC1CNS(=O)(=O)N1CCCCC1CN. The second-order valence-corrected chi connectivity index (χ2v) is 7.48. The van der Waals surface area contributed by atoms with E-state index in [0.717, 1.165) is 45.2 Å². The maximum absolute atomic E-state index is 12.4. The number of hydrogen-bond acceptors (Lipinski definition) is 4. The van der Waals surface area contributed by atoms with Crippen LogP contribution in [-0.2, 0) is 10.2 Å². The molecular weight excluding hydrogens is 276 g/mol. The third kappa shape index (κ3) is 3.71. The largest absolute Gasteiger partial charge is 0.329 e. The van der Waals surface area contributed by atoms with Crippen LogP contribution < -0.4 is 10.5 Å². The first-order chi connectivity index (χ1) is 9.58. The van der Waals surface area contributed by atoms with Crippen molar-refractivity contribution in [3.8, 4) is 0 Å². The lowest BCUT2D eigenvalue weighted by atomic mass is 10.1. The highest BCUT2D eigenvalue weighted by Crippen LogP contribution is 2.20. The fourth-order valence-electron chi connectivity index (χ4n) is 3.35. The zero-order valence-electron chi connectivity index (χ0n) is 12.4. The summed E-state index contributed by atoms with van der Waals surface area (Å²) in [6, 6.07) is 0.308. The zero-order valence-corrected chi connectivity index (χ0v) is 13.2. The predicted molar refractivity (Wildman–Crippen MR) is 80.6 cm³/mol. The van der Waals surface area contributed by atoms with E-state index in [-0.39, 0.29) is 6.04 Å². The fraction of sp³-hybridized carbons (Fsp3) is 1.00. The molecule has 0 amide bonds. The predicted octanol–water partition coefficient (Wildman–Crippen LogP) is 0.118. The Morgan fingerprint density at radius 2 is 1.90 bits per heavy atom. The monoisotopic (exact) mass is 304 g/mol. The molecule has 2 atom stereocenters. The topological polar surface area (TPSA) is 78.7 Å². The molecule has 0 aromatic rings. The van der Waals surface area contributed by atoms with Gasteiger partial charge in [-0.2, -0.15) is 12.7 Å². The minimum Gasteiger partial charge on any atom is -0.329 e. The van der Waals surface area contributed by atoms with E-state index in [1.54, 1.807) is 4.31 Å².